The highest BCUT2D eigenvalue weighted by molar-refractivity contribution is 5.95. The first-order chi connectivity index (χ1) is 15.6. The zero-order valence-corrected chi connectivity index (χ0v) is 18.6. The highest BCUT2D eigenvalue weighted by Gasteiger charge is 2.42. The Labute approximate surface area is 188 Å². The van der Waals surface area contributed by atoms with E-state index >= 15 is 0 Å². The third-order valence-electron chi connectivity index (χ3n) is 6.41. The van der Waals surface area contributed by atoms with Gasteiger partial charge >= 0.3 is 0 Å². The lowest BCUT2D eigenvalue weighted by Crippen LogP contribution is -2.44. The van der Waals surface area contributed by atoms with Gasteiger partial charge in [-0.2, -0.15) is 0 Å². The summed E-state index contributed by atoms with van der Waals surface area (Å²) < 4.78 is 15.9. The minimum atomic E-state index is -0.183. The predicted molar refractivity (Wildman–Crippen MR) is 120 cm³/mol. The van der Waals surface area contributed by atoms with Crippen molar-refractivity contribution in [3.8, 4) is 11.5 Å². The molecule has 170 valence electrons. The molecule has 0 bridgehead atoms. The molecule has 32 heavy (non-hydrogen) atoms. The van der Waals surface area contributed by atoms with Gasteiger partial charge in [0.05, 0.1) is 27.4 Å². The zero-order valence-electron chi connectivity index (χ0n) is 18.6. The van der Waals surface area contributed by atoms with E-state index in [1.807, 2.05) is 35.2 Å². The fourth-order valence-corrected chi connectivity index (χ4v) is 4.70. The molecule has 7 nitrogen and oxygen atoms in total. The van der Waals surface area contributed by atoms with Crippen molar-refractivity contribution >= 4 is 11.8 Å². The summed E-state index contributed by atoms with van der Waals surface area (Å²) >= 11 is 0. The minimum Gasteiger partial charge on any atom is -0.497 e. The molecule has 4 rings (SSSR count). The molecule has 0 radical (unpaired) electrons. The van der Waals surface area contributed by atoms with Crippen LogP contribution in [0.4, 0.5) is 0 Å². The predicted octanol–water partition coefficient (Wildman–Crippen LogP) is 2.85. The summed E-state index contributed by atoms with van der Waals surface area (Å²) in [6.07, 6.45) is 1.32. The van der Waals surface area contributed by atoms with Gasteiger partial charge in [-0.15, -0.1) is 0 Å². The molecule has 1 saturated heterocycles. The number of morpholine rings is 1. The van der Waals surface area contributed by atoms with Crippen LogP contribution in [0.15, 0.2) is 48.5 Å². The molecule has 1 aliphatic heterocycles. The molecule has 2 aliphatic rings. The average Bonchev–Trinajstić information content (AvgIpc) is 3.27. The quantitative estimate of drug-likeness (QED) is 0.751. The second-order valence-corrected chi connectivity index (χ2v) is 8.30. The maximum Gasteiger partial charge on any atom is 0.251 e. The largest absolute Gasteiger partial charge is 0.497 e. The van der Waals surface area contributed by atoms with Gasteiger partial charge in [0.25, 0.3) is 5.91 Å². The van der Waals surface area contributed by atoms with E-state index in [1.165, 1.54) is 0 Å². The topological polar surface area (TPSA) is 77.1 Å². The molecule has 1 heterocycles. The van der Waals surface area contributed by atoms with E-state index in [-0.39, 0.29) is 29.7 Å². The lowest BCUT2D eigenvalue weighted by molar-refractivity contribution is -0.140. The van der Waals surface area contributed by atoms with Gasteiger partial charge in [0.2, 0.25) is 5.91 Å². The Bertz CT molecular complexity index is 940. The van der Waals surface area contributed by atoms with E-state index in [0.717, 1.165) is 11.3 Å². The van der Waals surface area contributed by atoms with Gasteiger partial charge < -0.3 is 24.4 Å². The first-order valence-corrected chi connectivity index (χ1v) is 11.0. The van der Waals surface area contributed by atoms with E-state index in [0.29, 0.717) is 50.5 Å². The second kappa shape index (κ2) is 10.0. The van der Waals surface area contributed by atoms with Crippen LogP contribution in [0.2, 0.25) is 0 Å². The monoisotopic (exact) mass is 438 g/mol. The highest BCUT2D eigenvalue weighted by atomic mass is 16.5. The number of benzene rings is 2. The number of nitrogens with zero attached hydrogens (tertiary/aromatic N) is 1. The summed E-state index contributed by atoms with van der Waals surface area (Å²) in [4.78, 5) is 28.2. The Kier molecular flexibility index (Phi) is 6.95. The van der Waals surface area contributed by atoms with Gasteiger partial charge in [0, 0.05) is 30.6 Å². The number of nitrogens with one attached hydrogen (secondary N) is 1. The Morgan fingerprint density at radius 3 is 2.38 bits per heavy atom. The minimum absolute atomic E-state index is 0.0341. The van der Waals surface area contributed by atoms with Crippen LogP contribution in [0.3, 0.4) is 0 Å². The second-order valence-electron chi connectivity index (χ2n) is 8.30. The number of carbonyl (C=O) groups is 2. The Morgan fingerprint density at radius 2 is 1.69 bits per heavy atom. The molecule has 3 atom stereocenters. The van der Waals surface area contributed by atoms with Crippen LogP contribution in [-0.2, 0) is 9.53 Å². The zero-order chi connectivity index (χ0) is 22.5. The maximum atomic E-state index is 13.4. The summed E-state index contributed by atoms with van der Waals surface area (Å²) in [5, 5.41) is 3.14. The van der Waals surface area contributed by atoms with Gasteiger partial charge in [-0.3, -0.25) is 9.59 Å². The molecule has 2 aromatic carbocycles. The van der Waals surface area contributed by atoms with Gasteiger partial charge in [0.1, 0.15) is 11.5 Å². The van der Waals surface area contributed by atoms with Crippen molar-refractivity contribution in [3.05, 3.63) is 59.7 Å². The van der Waals surface area contributed by atoms with Crippen molar-refractivity contribution in [1.82, 2.24) is 10.2 Å². The number of methoxy groups -OCH3 is 2. The number of ether oxygens (including phenoxy) is 3. The van der Waals surface area contributed by atoms with Crippen molar-refractivity contribution < 1.29 is 23.8 Å². The summed E-state index contributed by atoms with van der Waals surface area (Å²) in [6.45, 7) is 2.38. The van der Waals surface area contributed by atoms with Crippen molar-refractivity contribution in [1.29, 1.82) is 0 Å². The number of hydrogen-bond acceptors (Lipinski definition) is 5. The lowest BCUT2D eigenvalue weighted by atomic mass is 9.88. The van der Waals surface area contributed by atoms with Gasteiger partial charge in [-0.25, -0.2) is 0 Å². The standard InChI is InChI=1S/C25H30N2O5/c1-30-20-8-6-17(7-9-20)22-15-19(16-23(22)25(29)27-10-12-32-13-11-27)26-24(28)18-4-3-5-21(14-18)31-2/h3-9,14,19,22-23H,10-13,15-16H2,1-2H3,(H,26,28)/t19-,22+,23-/m0/s1. The van der Waals surface area contributed by atoms with Gasteiger partial charge in [0.15, 0.2) is 0 Å². The smallest absolute Gasteiger partial charge is 0.251 e. The van der Waals surface area contributed by atoms with Crippen LogP contribution in [0.5, 0.6) is 11.5 Å². The summed E-state index contributed by atoms with van der Waals surface area (Å²) in [7, 11) is 3.22. The lowest BCUT2D eigenvalue weighted by Gasteiger charge is -2.31. The maximum absolute atomic E-state index is 13.4. The molecule has 2 fully saturated rings. The van der Waals surface area contributed by atoms with Gasteiger partial charge in [-0.1, -0.05) is 18.2 Å². The molecule has 1 aliphatic carbocycles. The first-order valence-electron chi connectivity index (χ1n) is 11.0. The van der Waals surface area contributed by atoms with Crippen molar-refractivity contribution in [2.24, 2.45) is 5.92 Å². The number of hydrogen-bond donors (Lipinski definition) is 1. The third kappa shape index (κ3) is 4.88. The normalized spacial score (nSPS) is 22.9. The first kappa shape index (κ1) is 22.1. The summed E-state index contributed by atoms with van der Waals surface area (Å²) in [5.74, 6) is 1.27. The summed E-state index contributed by atoms with van der Waals surface area (Å²) in [5.41, 5.74) is 1.64. The van der Waals surface area contributed by atoms with Crippen LogP contribution in [0, 0.1) is 5.92 Å². The fourth-order valence-electron chi connectivity index (χ4n) is 4.70. The average molecular weight is 439 g/mol. The van der Waals surface area contributed by atoms with Gasteiger partial charge in [-0.05, 0) is 54.7 Å². The number of rotatable bonds is 6. The van der Waals surface area contributed by atoms with Crippen LogP contribution in [0.25, 0.3) is 0 Å². The molecule has 7 heteroatoms. The van der Waals surface area contributed by atoms with Crippen molar-refractivity contribution in [2.75, 3.05) is 40.5 Å². The van der Waals surface area contributed by atoms with Crippen molar-refractivity contribution in [2.45, 2.75) is 24.8 Å². The van der Waals surface area contributed by atoms with Crippen LogP contribution in [0.1, 0.15) is 34.7 Å². The Morgan fingerprint density at radius 1 is 0.969 bits per heavy atom. The molecule has 2 aromatic rings. The SMILES string of the molecule is COc1ccc([C@H]2C[C@H](NC(=O)c3cccc(OC)c3)C[C@@H]2C(=O)N2CCOCC2)cc1. The molecule has 0 aromatic heterocycles. The summed E-state index contributed by atoms with van der Waals surface area (Å²) in [6, 6.07) is 14.9. The Hall–Kier alpha value is -3.06. The van der Waals surface area contributed by atoms with E-state index in [1.54, 1.807) is 32.4 Å². The molecular formula is C25H30N2O5. The Balaban J connectivity index is 1.52. The highest BCUT2D eigenvalue weighted by Crippen LogP contribution is 2.41. The molecule has 2 amide bonds. The number of amides is 2. The van der Waals surface area contributed by atoms with Crippen LogP contribution < -0.4 is 14.8 Å². The fraction of sp³-hybridized carbons (Fsp3) is 0.440. The van der Waals surface area contributed by atoms with Crippen molar-refractivity contribution in [3.63, 3.8) is 0 Å². The van der Waals surface area contributed by atoms with E-state index in [9.17, 15) is 9.59 Å². The molecule has 1 saturated carbocycles. The van der Waals surface area contributed by atoms with Crippen LogP contribution >= 0.6 is 0 Å². The van der Waals surface area contributed by atoms with E-state index in [2.05, 4.69) is 5.32 Å². The van der Waals surface area contributed by atoms with E-state index in [4.69, 9.17) is 14.2 Å². The third-order valence-corrected chi connectivity index (χ3v) is 6.41. The molecule has 1 N–H and O–H groups in total. The van der Waals surface area contributed by atoms with Crippen LogP contribution in [-0.4, -0.2) is 63.3 Å². The molecule has 0 spiro atoms. The van der Waals surface area contributed by atoms with E-state index < -0.39 is 0 Å². The molecule has 0 unspecified atom stereocenters. The molecular weight excluding hydrogens is 408 g/mol. The number of carbonyl (C=O) groups excluding carboxylic acids is 2.